The summed E-state index contributed by atoms with van der Waals surface area (Å²) in [6, 6.07) is 23.6. The van der Waals surface area contributed by atoms with Crippen LogP contribution >= 0.6 is 0 Å². The van der Waals surface area contributed by atoms with Gasteiger partial charge in [-0.3, -0.25) is 4.79 Å². The minimum Gasteiger partial charge on any atom is -0.480 e. The Hall–Kier alpha value is -3.95. The van der Waals surface area contributed by atoms with Gasteiger partial charge >= 0.3 is 5.97 Å². The number of nitrogens with zero attached hydrogens (tertiary/aromatic N) is 2. The van der Waals surface area contributed by atoms with Crippen molar-refractivity contribution in [2.45, 2.75) is 57.4 Å². The summed E-state index contributed by atoms with van der Waals surface area (Å²) in [5.74, 6) is -1.35. The van der Waals surface area contributed by atoms with E-state index in [2.05, 4.69) is 6.07 Å². The van der Waals surface area contributed by atoms with Gasteiger partial charge in [0.2, 0.25) is 0 Å². The summed E-state index contributed by atoms with van der Waals surface area (Å²) < 4.78 is 6.59. The average Bonchev–Trinajstić information content (AvgIpc) is 3.73. The van der Waals surface area contributed by atoms with Crippen LogP contribution < -0.4 is 0 Å². The number of nitriles is 1. The Morgan fingerprint density at radius 3 is 2.05 bits per heavy atom. The van der Waals surface area contributed by atoms with Crippen molar-refractivity contribution in [2.24, 2.45) is 5.92 Å². The molecule has 3 aromatic carbocycles. The van der Waals surface area contributed by atoms with E-state index >= 15 is 0 Å². The summed E-state index contributed by atoms with van der Waals surface area (Å²) in [6.07, 6.45) is 0.489. The van der Waals surface area contributed by atoms with E-state index in [0.717, 1.165) is 40.7 Å². The molecule has 1 saturated carbocycles. The Balaban J connectivity index is 1.61. The topological polar surface area (TPSA) is 90.6 Å². The fraction of sp³-hybridized carbons (Fsp3) is 0.323. The van der Waals surface area contributed by atoms with Gasteiger partial charge in [-0.1, -0.05) is 71.8 Å². The number of carbonyl (C=O) groups is 2. The molecule has 2 aliphatic rings. The van der Waals surface area contributed by atoms with Gasteiger partial charge in [-0.05, 0) is 61.4 Å². The number of benzene rings is 3. The molecule has 2 fully saturated rings. The number of ether oxygens (including phenoxy) is 1. The first kappa shape index (κ1) is 24.7. The van der Waals surface area contributed by atoms with Gasteiger partial charge in [-0.25, -0.2) is 4.79 Å². The van der Waals surface area contributed by atoms with Crippen LogP contribution in [-0.4, -0.2) is 34.0 Å². The molecule has 0 unspecified atom stereocenters. The largest absolute Gasteiger partial charge is 0.480 e. The second-order valence-electron chi connectivity index (χ2n) is 10.2. The number of carbonyl (C=O) groups excluding carboxylic acids is 1. The van der Waals surface area contributed by atoms with Gasteiger partial charge in [-0.15, -0.1) is 0 Å². The zero-order valence-corrected chi connectivity index (χ0v) is 21.0. The van der Waals surface area contributed by atoms with Crippen molar-refractivity contribution in [1.29, 1.82) is 5.26 Å². The van der Waals surface area contributed by atoms with E-state index in [4.69, 9.17) is 10.00 Å². The Morgan fingerprint density at radius 1 is 0.973 bits per heavy atom. The molecule has 1 aliphatic carbocycles. The fourth-order valence-electron chi connectivity index (χ4n) is 5.21. The minimum atomic E-state index is -0.977. The molecule has 0 bridgehead atoms. The summed E-state index contributed by atoms with van der Waals surface area (Å²) in [5.41, 5.74) is 5.34. The Bertz CT molecular complexity index is 1320. The standard InChI is InChI=1S/C31H30N2O4/c1-19-3-11-23(12-4-19)27-29(25-13-5-20(2)6-14-25)37-26(17-21-7-9-22(18-32)10-8-21)30(34)33(27)28(31(35)36)24-15-16-24/h3-14,24,26-29H,15-17H2,1-2H3,(H,35,36)/t26-,27+,28+,29-/m1/s1. The van der Waals surface area contributed by atoms with Gasteiger partial charge in [-0.2, -0.15) is 5.26 Å². The molecule has 188 valence electrons. The third kappa shape index (κ3) is 5.14. The molecule has 0 aromatic heterocycles. The third-order valence-electron chi connectivity index (χ3n) is 7.38. The predicted molar refractivity (Wildman–Crippen MR) is 139 cm³/mol. The van der Waals surface area contributed by atoms with Crippen molar-refractivity contribution in [1.82, 2.24) is 4.90 Å². The number of carboxylic acids is 1. The van der Waals surface area contributed by atoms with Crippen molar-refractivity contribution in [2.75, 3.05) is 0 Å². The zero-order chi connectivity index (χ0) is 26.1. The highest BCUT2D eigenvalue weighted by molar-refractivity contribution is 5.88. The van der Waals surface area contributed by atoms with Crippen LogP contribution in [0.1, 0.15) is 58.4 Å². The molecule has 4 atom stereocenters. The van der Waals surface area contributed by atoms with E-state index in [1.54, 1.807) is 17.0 Å². The average molecular weight is 495 g/mol. The highest BCUT2D eigenvalue weighted by Crippen LogP contribution is 2.47. The molecule has 1 heterocycles. The van der Waals surface area contributed by atoms with E-state index in [9.17, 15) is 14.7 Å². The lowest BCUT2D eigenvalue weighted by molar-refractivity contribution is -0.185. The molecule has 1 N–H and O–H groups in total. The molecule has 0 spiro atoms. The summed E-state index contributed by atoms with van der Waals surface area (Å²) in [6.45, 7) is 4.01. The molecule has 6 nitrogen and oxygen atoms in total. The fourth-order valence-corrected chi connectivity index (χ4v) is 5.21. The number of rotatable bonds is 7. The highest BCUT2D eigenvalue weighted by Gasteiger charge is 2.52. The number of hydrogen-bond acceptors (Lipinski definition) is 4. The van der Waals surface area contributed by atoms with Crippen LogP contribution in [0.15, 0.2) is 72.8 Å². The van der Waals surface area contributed by atoms with Crippen LogP contribution in [0, 0.1) is 31.1 Å². The van der Waals surface area contributed by atoms with Crippen LogP contribution in [0.2, 0.25) is 0 Å². The lowest BCUT2D eigenvalue weighted by Gasteiger charge is -2.47. The molecule has 37 heavy (non-hydrogen) atoms. The predicted octanol–water partition coefficient (Wildman–Crippen LogP) is 5.29. The monoisotopic (exact) mass is 494 g/mol. The van der Waals surface area contributed by atoms with Gasteiger partial charge in [0, 0.05) is 6.42 Å². The number of aryl methyl sites for hydroxylation is 2. The quantitative estimate of drug-likeness (QED) is 0.482. The van der Waals surface area contributed by atoms with Gasteiger partial charge in [0.1, 0.15) is 18.2 Å². The second-order valence-corrected chi connectivity index (χ2v) is 10.2. The van der Waals surface area contributed by atoms with E-state index < -0.39 is 30.3 Å². The van der Waals surface area contributed by atoms with Crippen LogP contribution in [0.25, 0.3) is 0 Å². The summed E-state index contributed by atoms with van der Waals surface area (Å²) >= 11 is 0. The van der Waals surface area contributed by atoms with Crippen LogP contribution in [0.4, 0.5) is 0 Å². The molecule has 1 amide bonds. The first-order valence-electron chi connectivity index (χ1n) is 12.7. The molecule has 1 saturated heterocycles. The van der Waals surface area contributed by atoms with Gasteiger partial charge < -0.3 is 14.7 Å². The Kier molecular flexibility index (Phi) is 6.82. The van der Waals surface area contributed by atoms with Gasteiger partial charge in [0.05, 0.1) is 17.7 Å². The molecule has 3 aromatic rings. The van der Waals surface area contributed by atoms with Gasteiger partial charge in [0.15, 0.2) is 0 Å². The summed E-state index contributed by atoms with van der Waals surface area (Å²) in [5, 5.41) is 19.5. The lowest BCUT2D eigenvalue weighted by Crippen LogP contribution is -2.58. The number of carboxylic acid groups (broad SMARTS) is 1. The maximum atomic E-state index is 14.1. The van der Waals surface area contributed by atoms with Crippen molar-refractivity contribution < 1.29 is 19.4 Å². The number of morpholine rings is 1. The minimum absolute atomic E-state index is 0.0678. The second kappa shape index (κ2) is 10.2. The lowest BCUT2D eigenvalue weighted by atomic mass is 9.88. The van der Waals surface area contributed by atoms with Crippen LogP contribution in [-0.2, 0) is 20.7 Å². The van der Waals surface area contributed by atoms with Crippen molar-refractivity contribution >= 4 is 11.9 Å². The highest BCUT2D eigenvalue weighted by atomic mass is 16.5. The van der Waals surface area contributed by atoms with Crippen molar-refractivity contribution in [3.8, 4) is 6.07 Å². The van der Waals surface area contributed by atoms with E-state index in [0.29, 0.717) is 12.0 Å². The molecule has 6 heteroatoms. The maximum absolute atomic E-state index is 14.1. The van der Waals surface area contributed by atoms with Crippen LogP contribution in [0.3, 0.4) is 0 Å². The summed E-state index contributed by atoms with van der Waals surface area (Å²) in [4.78, 5) is 28.3. The number of aliphatic carboxylic acids is 1. The summed E-state index contributed by atoms with van der Waals surface area (Å²) in [7, 11) is 0. The van der Waals surface area contributed by atoms with E-state index in [1.807, 2.05) is 74.5 Å². The smallest absolute Gasteiger partial charge is 0.326 e. The number of hydrogen-bond donors (Lipinski definition) is 1. The normalized spacial score (nSPS) is 22.4. The van der Waals surface area contributed by atoms with Crippen LogP contribution in [0.5, 0.6) is 0 Å². The van der Waals surface area contributed by atoms with Gasteiger partial charge in [0.25, 0.3) is 5.91 Å². The SMILES string of the molecule is Cc1ccc([C@H]2O[C@H](Cc3ccc(C#N)cc3)C(=O)N([C@H](C(=O)O)C3CC3)[C@H]2c2ccc(C)cc2)cc1. The maximum Gasteiger partial charge on any atom is 0.326 e. The molecule has 5 rings (SSSR count). The third-order valence-corrected chi connectivity index (χ3v) is 7.38. The molecule has 1 aliphatic heterocycles. The van der Waals surface area contributed by atoms with Crippen molar-refractivity contribution in [3.05, 3.63) is 106 Å². The molecular formula is C31H30N2O4. The van der Waals surface area contributed by atoms with E-state index in [1.165, 1.54) is 0 Å². The first-order chi connectivity index (χ1) is 17.9. The Morgan fingerprint density at radius 2 is 1.54 bits per heavy atom. The van der Waals surface area contributed by atoms with E-state index in [-0.39, 0.29) is 11.8 Å². The first-order valence-corrected chi connectivity index (χ1v) is 12.7. The molecular weight excluding hydrogens is 464 g/mol. The molecule has 0 radical (unpaired) electrons. The van der Waals surface area contributed by atoms with Crippen molar-refractivity contribution in [3.63, 3.8) is 0 Å². The zero-order valence-electron chi connectivity index (χ0n) is 21.0. The number of amides is 1. The Labute approximate surface area is 217 Å².